The molecule has 0 amide bonds. The number of ether oxygens (including phenoxy) is 1. The molecule has 2 aromatic rings. The Morgan fingerprint density at radius 3 is 2.75 bits per heavy atom. The van der Waals surface area contributed by atoms with Crippen molar-refractivity contribution in [2.75, 3.05) is 6.61 Å². The maximum absolute atomic E-state index is 10.3. The number of aromatic nitrogens is 2. The zero-order valence-electron chi connectivity index (χ0n) is 11.8. The molecule has 0 aliphatic rings. The molecule has 2 unspecified atom stereocenters. The molecule has 1 aromatic heterocycles. The molecule has 1 N–H and O–H groups in total. The van der Waals surface area contributed by atoms with Gasteiger partial charge >= 0.3 is 0 Å². The molecule has 1 aromatic carbocycles. The molecule has 20 heavy (non-hydrogen) atoms. The minimum atomic E-state index is -0.666. The molecule has 1 heterocycles. The molecular weight excluding hydrogens is 256 g/mol. The van der Waals surface area contributed by atoms with Gasteiger partial charge in [0.1, 0.15) is 6.61 Å². The number of hydrogen-bond donors (Lipinski definition) is 1. The predicted molar refractivity (Wildman–Crippen MR) is 74.1 cm³/mol. The summed E-state index contributed by atoms with van der Waals surface area (Å²) in [5.74, 6) is 0.682. The van der Waals surface area contributed by atoms with Gasteiger partial charge in [-0.2, -0.15) is 4.98 Å². The lowest BCUT2D eigenvalue weighted by Gasteiger charge is -2.15. The number of benzene rings is 1. The normalized spacial score (nSPS) is 14.2. The summed E-state index contributed by atoms with van der Waals surface area (Å²) in [6.45, 7) is 4.92. The summed E-state index contributed by atoms with van der Waals surface area (Å²) in [7, 11) is 0. The van der Waals surface area contributed by atoms with E-state index >= 15 is 0 Å². The second-order valence-electron chi connectivity index (χ2n) is 4.75. The third kappa shape index (κ3) is 3.65. The summed E-state index contributed by atoms with van der Waals surface area (Å²) >= 11 is 0. The summed E-state index contributed by atoms with van der Waals surface area (Å²) in [6.07, 6.45) is 0.287. The number of aliphatic hydroxyl groups is 1. The molecule has 2 rings (SSSR count). The van der Waals surface area contributed by atoms with Gasteiger partial charge in [-0.3, -0.25) is 0 Å². The van der Waals surface area contributed by atoms with Crippen LogP contribution in [0.15, 0.2) is 34.9 Å². The van der Waals surface area contributed by atoms with E-state index in [1.807, 2.05) is 44.2 Å². The molecule has 0 spiro atoms. The minimum Gasteiger partial charge on any atom is -0.388 e. The van der Waals surface area contributed by atoms with E-state index in [-0.39, 0.29) is 5.92 Å². The standard InChI is InChI=1S/C15H20N2O3/c1-3-9-19-10-13-16-15(20-17-13)11(2)14(18)12-7-5-4-6-8-12/h4-8,11,14,18H,3,9-10H2,1-2H3. The van der Waals surface area contributed by atoms with Gasteiger partial charge in [-0.1, -0.05) is 49.3 Å². The lowest BCUT2D eigenvalue weighted by molar-refractivity contribution is 0.114. The van der Waals surface area contributed by atoms with Crippen LogP contribution in [0.2, 0.25) is 0 Å². The Bertz CT molecular complexity index is 513. The Kier molecular flexibility index (Phi) is 5.26. The first-order valence-corrected chi connectivity index (χ1v) is 6.85. The molecule has 2 atom stereocenters. The van der Waals surface area contributed by atoms with Gasteiger partial charge in [-0.05, 0) is 12.0 Å². The van der Waals surface area contributed by atoms with Gasteiger partial charge in [-0.25, -0.2) is 0 Å². The van der Waals surface area contributed by atoms with Crippen molar-refractivity contribution in [2.45, 2.75) is 38.9 Å². The first kappa shape index (κ1) is 14.7. The molecular formula is C15H20N2O3. The fourth-order valence-corrected chi connectivity index (χ4v) is 1.89. The highest BCUT2D eigenvalue weighted by Gasteiger charge is 2.23. The van der Waals surface area contributed by atoms with E-state index in [0.717, 1.165) is 12.0 Å². The first-order valence-electron chi connectivity index (χ1n) is 6.85. The van der Waals surface area contributed by atoms with Crippen molar-refractivity contribution in [3.63, 3.8) is 0 Å². The monoisotopic (exact) mass is 276 g/mol. The lowest BCUT2D eigenvalue weighted by atomic mass is 9.97. The van der Waals surface area contributed by atoms with Crippen LogP contribution in [0.5, 0.6) is 0 Å². The van der Waals surface area contributed by atoms with E-state index in [2.05, 4.69) is 10.1 Å². The van der Waals surface area contributed by atoms with E-state index in [4.69, 9.17) is 9.26 Å². The predicted octanol–water partition coefficient (Wildman–Crippen LogP) is 2.83. The topological polar surface area (TPSA) is 68.4 Å². The van der Waals surface area contributed by atoms with Gasteiger partial charge in [0.2, 0.25) is 5.89 Å². The van der Waals surface area contributed by atoms with Crippen molar-refractivity contribution in [1.82, 2.24) is 10.1 Å². The molecule has 0 bridgehead atoms. The van der Waals surface area contributed by atoms with Crippen molar-refractivity contribution in [2.24, 2.45) is 0 Å². The fourth-order valence-electron chi connectivity index (χ4n) is 1.89. The van der Waals surface area contributed by atoms with Gasteiger partial charge in [-0.15, -0.1) is 0 Å². The Morgan fingerprint density at radius 2 is 2.05 bits per heavy atom. The van der Waals surface area contributed by atoms with Crippen LogP contribution >= 0.6 is 0 Å². The smallest absolute Gasteiger partial charge is 0.232 e. The summed E-state index contributed by atoms with van der Waals surface area (Å²) in [4.78, 5) is 4.27. The fraction of sp³-hybridized carbons (Fsp3) is 0.467. The molecule has 0 saturated heterocycles. The SMILES string of the molecule is CCCOCc1noc(C(C)C(O)c2ccccc2)n1. The Hall–Kier alpha value is -1.72. The van der Waals surface area contributed by atoms with E-state index in [1.165, 1.54) is 0 Å². The summed E-state index contributed by atoms with van der Waals surface area (Å²) in [5.41, 5.74) is 0.835. The highest BCUT2D eigenvalue weighted by Crippen LogP contribution is 2.29. The van der Waals surface area contributed by atoms with Crippen LogP contribution in [0.3, 0.4) is 0 Å². The highest BCUT2D eigenvalue weighted by molar-refractivity contribution is 5.20. The van der Waals surface area contributed by atoms with Crippen LogP contribution in [-0.2, 0) is 11.3 Å². The molecule has 5 nitrogen and oxygen atoms in total. The molecule has 0 aliphatic heterocycles. The minimum absolute atomic E-state index is 0.259. The molecule has 0 fully saturated rings. The molecule has 0 radical (unpaired) electrons. The number of aliphatic hydroxyl groups excluding tert-OH is 1. The van der Waals surface area contributed by atoms with Crippen molar-refractivity contribution >= 4 is 0 Å². The Labute approximate surface area is 118 Å². The van der Waals surface area contributed by atoms with Crippen LogP contribution in [0, 0.1) is 0 Å². The maximum atomic E-state index is 10.3. The van der Waals surface area contributed by atoms with Crippen molar-refractivity contribution in [1.29, 1.82) is 0 Å². The summed E-state index contributed by atoms with van der Waals surface area (Å²) in [5, 5.41) is 14.2. The first-order chi connectivity index (χ1) is 9.72. The zero-order chi connectivity index (χ0) is 14.4. The molecule has 0 aliphatic carbocycles. The highest BCUT2D eigenvalue weighted by atomic mass is 16.5. The quantitative estimate of drug-likeness (QED) is 0.787. The Balaban J connectivity index is 2.00. The van der Waals surface area contributed by atoms with Gasteiger partial charge in [0, 0.05) is 6.61 Å². The maximum Gasteiger partial charge on any atom is 0.232 e. The van der Waals surface area contributed by atoms with Crippen molar-refractivity contribution < 1.29 is 14.4 Å². The lowest BCUT2D eigenvalue weighted by Crippen LogP contribution is -2.08. The van der Waals surface area contributed by atoms with Crippen LogP contribution < -0.4 is 0 Å². The number of hydrogen-bond acceptors (Lipinski definition) is 5. The van der Waals surface area contributed by atoms with Gasteiger partial charge in [0.15, 0.2) is 5.82 Å². The zero-order valence-corrected chi connectivity index (χ0v) is 11.8. The van der Waals surface area contributed by atoms with Crippen LogP contribution in [-0.4, -0.2) is 21.9 Å². The van der Waals surface area contributed by atoms with Crippen LogP contribution in [0.1, 0.15) is 49.6 Å². The van der Waals surface area contributed by atoms with E-state index < -0.39 is 6.10 Å². The average Bonchev–Trinajstić information content (AvgIpc) is 2.96. The molecule has 108 valence electrons. The number of nitrogens with zero attached hydrogens (tertiary/aromatic N) is 2. The van der Waals surface area contributed by atoms with Crippen molar-refractivity contribution in [3.05, 3.63) is 47.6 Å². The summed E-state index contributed by atoms with van der Waals surface area (Å²) in [6, 6.07) is 9.45. The summed E-state index contributed by atoms with van der Waals surface area (Å²) < 4.78 is 10.6. The average molecular weight is 276 g/mol. The molecule has 0 saturated carbocycles. The van der Waals surface area contributed by atoms with E-state index in [9.17, 15) is 5.11 Å². The third-order valence-electron chi connectivity index (χ3n) is 3.07. The second-order valence-corrected chi connectivity index (χ2v) is 4.75. The van der Waals surface area contributed by atoms with Crippen LogP contribution in [0.4, 0.5) is 0 Å². The second kappa shape index (κ2) is 7.17. The number of rotatable bonds is 7. The molecule has 5 heteroatoms. The van der Waals surface area contributed by atoms with E-state index in [1.54, 1.807) is 0 Å². The van der Waals surface area contributed by atoms with Crippen LogP contribution in [0.25, 0.3) is 0 Å². The van der Waals surface area contributed by atoms with E-state index in [0.29, 0.717) is 24.9 Å². The Morgan fingerprint density at radius 1 is 1.30 bits per heavy atom. The van der Waals surface area contributed by atoms with Crippen molar-refractivity contribution in [3.8, 4) is 0 Å². The largest absolute Gasteiger partial charge is 0.388 e. The van der Waals surface area contributed by atoms with Gasteiger partial charge in [0.05, 0.1) is 12.0 Å². The van der Waals surface area contributed by atoms with Gasteiger partial charge < -0.3 is 14.4 Å². The third-order valence-corrected chi connectivity index (χ3v) is 3.07. The van der Waals surface area contributed by atoms with Gasteiger partial charge in [0.25, 0.3) is 0 Å².